The highest BCUT2D eigenvalue weighted by atomic mass is 19.4. The van der Waals surface area contributed by atoms with Crippen LogP contribution >= 0.6 is 0 Å². The Bertz CT molecular complexity index is 754. The molecule has 0 spiro atoms. The van der Waals surface area contributed by atoms with E-state index in [1.807, 2.05) is 0 Å². The second kappa shape index (κ2) is 7.47. The molecule has 1 aromatic carbocycles. The van der Waals surface area contributed by atoms with Crippen molar-refractivity contribution in [3.05, 3.63) is 47.9 Å². The summed E-state index contributed by atoms with van der Waals surface area (Å²) < 4.78 is 41.6. The van der Waals surface area contributed by atoms with E-state index in [0.717, 1.165) is 10.6 Å². The Hall–Kier alpha value is -2.68. The molecule has 0 saturated heterocycles. The average Bonchev–Trinajstić information content (AvgIpc) is 3.03. The fourth-order valence-corrected chi connectivity index (χ4v) is 1.79. The van der Waals surface area contributed by atoms with Crippen molar-refractivity contribution in [1.82, 2.24) is 15.2 Å². The third kappa shape index (κ3) is 5.15. The SMILES string of the molecule is C=C(C)CON(C)C(=O)Cc1ccc(-c2noc(C(F)(F)F)n2)cc1. The van der Waals surface area contributed by atoms with Crippen LogP contribution in [-0.2, 0) is 22.2 Å². The average molecular weight is 355 g/mol. The van der Waals surface area contributed by atoms with Gasteiger partial charge in [-0.3, -0.25) is 9.63 Å². The molecule has 0 N–H and O–H groups in total. The van der Waals surface area contributed by atoms with Crippen LogP contribution in [0.2, 0.25) is 0 Å². The number of benzene rings is 1. The summed E-state index contributed by atoms with van der Waals surface area (Å²) in [5.41, 5.74) is 1.80. The number of hydrogen-bond donors (Lipinski definition) is 0. The van der Waals surface area contributed by atoms with Gasteiger partial charge in [0.1, 0.15) is 0 Å². The van der Waals surface area contributed by atoms with Crippen LogP contribution < -0.4 is 0 Å². The summed E-state index contributed by atoms with van der Waals surface area (Å²) in [7, 11) is 1.50. The Morgan fingerprint density at radius 3 is 2.48 bits per heavy atom. The maximum atomic E-state index is 12.5. The Balaban J connectivity index is 2.01. The molecule has 0 aliphatic carbocycles. The summed E-state index contributed by atoms with van der Waals surface area (Å²) in [6, 6.07) is 6.23. The normalized spacial score (nSPS) is 11.4. The molecule has 0 fully saturated rings. The summed E-state index contributed by atoms with van der Waals surface area (Å²) in [6.07, 6.45) is -4.61. The fourth-order valence-electron chi connectivity index (χ4n) is 1.79. The van der Waals surface area contributed by atoms with E-state index in [0.29, 0.717) is 11.1 Å². The number of nitrogens with zero attached hydrogens (tertiary/aromatic N) is 3. The van der Waals surface area contributed by atoms with Gasteiger partial charge in [0.05, 0.1) is 13.0 Å². The molecule has 0 bridgehead atoms. The highest BCUT2D eigenvalue weighted by Gasteiger charge is 2.38. The zero-order valence-corrected chi connectivity index (χ0v) is 13.6. The second-order valence-electron chi connectivity index (χ2n) is 5.42. The van der Waals surface area contributed by atoms with E-state index in [4.69, 9.17) is 4.84 Å². The number of rotatable bonds is 6. The molecule has 1 amide bonds. The molecular formula is C16H16F3N3O3. The van der Waals surface area contributed by atoms with Crippen LogP contribution in [0.3, 0.4) is 0 Å². The van der Waals surface area contributed by atoms with E-state index in [2.05, 4.69) is 21.2 Å². The molecule has 25 heavy (non-hydrogen) atoms. The minimum atomic E-state index is -4.69. The summed E-state index contributed by atoms with van der Waals surface area (Å²) in [5, 5.41) is 4.43. The first-order valence-electron chi connectivity index (χ1n) is 7.21. The molecule has 0 radical (unpaired) electrons. The summed E-state index contributed by atoms with van der Waals surface area (Å²) in [4.78, 5) is 20.5. The van der Waals surface area contributed by atoms with Crippen LogP contribution in [-0.4, -0.2) is 34.8 Å². The molecule has 2 aromatic rings. The van der Waals surface area contributed by atoms with E-state index < -0.39 is 12.1 Å². The topological polar surface area (TPSA) is 68.5 Å². The highest BCUT2D eigenvalue weighted by Crippen LogP contribution is 2.29. The molecule has 0 aliphatic rings. The smallest absolute Gasteiger partial charge is 0.329 e. The molecular weight excluding hydrogens is 339 g/mol. The van der Waals surface area contributed by atoms with Gasteiger partial charge < -0.3 is 4.52 Å². The lowest BCUT2D eigenvalue weighted by Gasteiger charge is -2.16. The standard InChI is InChI=1S/C16H16F3N3O3/c1-10(2)9-24-22(3)13(23)8-11-4-6-12(7-5-11)14-20-15(25-21-14)16(17,18)19/h4-7H,1,8-9H2,2-3H3. The molecule has 134 valence electrons. The number of alkyl halides is 3. The van der Waals surface area contributed by atoms with Gasteiger partial charge in [0.15, 0.2) is 0 Å². The van der Waals surface area contributed by atoms with Gasteiger partial charge >= 0.3 is 12.1 Å². The Morgan fingerprint density at radius 2 is 1.96 bits per heavy atom. The van der Waals surface area contributed by atoms with E-state index in [1.54, 1.807) is 19.1 Å². The highest BCUT2D eigenvalue weighted by molar-refractivity contribution is 5.77. The number of hydroxylamine groups is 2. The van der Waals surface area contributed by atoms with Gasteiger partial charge in [-0.15, -0.1) is 0 Å². The van der Waals surface area contributed by atoms with Gasteiger partial charge in [-0.2, -0.15) is 18.2 Å². The number of aromatic nitrogens is 2. The predicted molar refractivity (Wildman–Crippen MR) is 82.0 cm³/mol. The first kappa shape index (κ1) is 18.7. The van der Waals surface area contributed by atoms with Gasteiger partial charge in [-0.1, -0.05) is 41.6 Å². The zero-order valence-electron chi connectivity index (χ0n) is 13.6. The van der Waals surface area contributed by atoms with Crippen molar-refractivity contribution in [1.29, 1.82) is 0 Å². The molecule has 2 rings (SSSR count). The number of carbonyl (C=O) groups excluding carboxylic acids is 1. The van der Waals surface area contributed by atoms with Crippen LogP contribution in [0.25, 0.3) is 11.4 Å². The van der Waals surface area contributed by atoms with Crippen LogP contribution in [0.4, 0.5) is 13.2 Å². The molecule has 9 heteroatoms. The number of carbonyl (C=O) groups is 1. The van der Waals surface area contributed by atoms with Crippen molar-refractivity contribution < 1.29 is 27.3 Å². The minimum absolute atomic E-state index is 0.0764. The maximum absolute atomic E-state index is 12.5. The fraction of sp³-hybridized carbons (Fsp3) is 0.312. The molecule has 1 heterocycles. The van der Waals surface area contributed by atoms with Gasteiger partial charge in [-0.05, 0) is 12.5 Å². The zero-order chi connectivity index (χ0) is 18.6. The molecule has 6 nitrogen and oxygen atoms in total. The van der Waals surface area contributed by atoms with Crippen molar-refractivity contribution in [2.75, 3.05) is 13.7 Å². The lowest BCUT2D eigenvalue weighted by atomic mass is 10.1. The van der Waals surface area contributed by atoms with Gasteiger partial charge in [0, 0.05) is 12.6 Å². The van der Waals surface area contributed by atoms with Gasteiger partial charge in [0.25, 0.3) is 0 Å². The number of amides is 1. The van der Waals surface area contributed by atoms with Crippen LogP contribution in [0.5, 0.6) is 0 Å². The summed E-state index contributed by atoms with van der Waals surface area (Å²) >= 11 is 0. The Kier molecular flexibility index (Phi) is 5.58. The van der Waals surface area contributed by atoms with Crippen LogP contribution in [0.15, 0.2) is 40.9 Å². The van der Waals surface area contributed by atoms with E-state index in [-0.39, 0.29) is 24.8 Å². The first-order valence-corrected chi connectivity index (χ1v) is 7.21. The van der Waals surface area contributed by atoms with E-state index in [1.165, 1.54) is 19.2 Å². The monoisotopic (exact) mass is 355 g/mol. The van der Waals surface area contributed by atoms with E-state index in [9.17, 15) is 18.0 Å². The van der Waals surface area contributed by atoms with Crippen LogP contribution in [0.1, 0.15) is 18.4 Å². The third-order valence-electron chi connectivity index (χ3n) is 3.09. The molecule has 0 aliphatic heterocycles. The third-order valence-corrected chi connectivity index (χ3v) is 3.09. The number of hydrogen-bond acceptors (Lipinski definition) is 5. The van der Waals surface area contributed by atoms with Crippen molar-refractivity contribution in [3.8, 4) is 11.4 Å². The largest absolute Gasteiger partial charge is 0.471 e. The molecule has 0 unspecified atom stereocenters. The van der Waals surface area contributed by atoms with Gasteiger partial charge in [-0.25, -0.2) is 5.06 Å². The lowest BCUT2D eigenvalue weighted by molar-refractivity contribution is -0.174. The first-order chi connectivity index (χ1) is 11.7. The Morgan fingerprint density at radius 1 is 1.32 bits per heavy atom. The van der Waals surface area contributed by atoms with Crippen molar-refractivity contribution in [2.45, 2.75) is 19.5 Å². The van der Waals surface area contributed by atoms with E-state index >= 15 is 0 Å². The van der Waals surface area contributed by atoms with Crippen LogP contribution in [0, 0.1) is 0 Å². The van der Waals surface area contributed by atoms with Crippen molar-refractivity contribution in [3.63, 3.8) is 0 Å². The molecule has 1 aromatic heterocycles. The molecule has 0 atom stereocenters. The summed E-state index contributed by atoms with van der Waals surface area (Å²) in [6.45, 7) is 5.69. The van der Waals surface area contributed by atoms with Crippen molar-refractivity contribution in [2.24, 2.45) is 0 Å². The maximum Gasteiger partial charge on any atom is 0.471 e. The van der Waals surface area contributed by atoms with Crippen molar-refractivity contribution >= 4 is 5.91 Å². The Labute approximate surface area is 141 Å². The second-order valence-corrected chi connectivity index (χ2v) is 5.42. The number of halogens is 3. The predicted octanol–water partition coefficient (Wildman–Crippen LogP) is 3.26. The van der Waals surface area contributed by atoms with Gasteiger partial charge in [0.2, 0.25) is 11.7 Å². The lowest BCUT2D eigenvalue weighted by Crippen LogP contribution is -2.29. The number of likely N-dealkylation sites (N-methyl/N-ethyl adjacent to an activating group) is 1. The quantitative estimate of drug-likeness (QED) is 0.588. The minimum Gasteiger partial charge on any atom is -0.329 e. The molecule has 0 saturated carbocycles. The summed E-state index contributed by atoms with van der Waals surface area (Å²) in [5.74, 6) is -1.85.